The first-order valence-electron chi connectivity index (χ1n) is 5.80. The van der Waals surface area contributed by atoms with Crippen molar-refractivity contribution in [3.05, 3.63) is 29.8 Å². The number of rotatable bonds is 4. The second kappa shape index (κ2) is 4.23. The number of hydrogen-bond acceptors (Lipinski definition) is 2. The van der Waals surface area contributed by atoms with Crippen LogP contribution in [-0.2, 0) is 0 Å². The van der Waals surface area contributed by atoms with Crippen LogP contribution >= 0.6 is 0 Å². The minimum Gasteiger partial charge on any atom is -0.372 e. The van der Waals surface area contributed by atoms with E-state index < -0.39 is 0 Å². The van der Waals surface area contributed by atoms with Gasteiger partial charge in [0.15, 0.2) is 0 Å². The van der Waals surface area contributed by atoms with Gasteiger partial charge in [-0.1, -0.05) is 19.1 Å². The number of hydrogen-bond donors (Lipinski definition) is 1. The first kappa shape index (κ1) is 10.5. The van der Waals surface area contributed by atoms with Crippen LogP contribution in [0.3, 0.4) is 0 Å². The van der Waals surface area contributed by atoms with Crippen molar-refractivity contribution >= 4 is 5.69 Å². The first-order chi connectivity index (χ1) is 7.22. The van der Waals surface area contributed by atoms with Crippen molar-refractivity contribution in [2.75, 3.05) is 11.9 Å². The fourth-order valence-corrected chi connectivity index (χ4v) is 1.87. The molecule has 0 saturated heterocycles. The van der Waals surface area contributed by atoms with Crippen LogP contribution in [0.4, 0.5) is 5.69 Å². The van der Waals surface area contributed by atoms with Crippen molar-refractivity contribution in [1.29, 1.82) is 0 Å². The Morgan fingerprint density at radius 1 is 1.33 bits per heavy atom. The second-order valence-electron chi connectivity index (χ2n) is 4.45. The Hall–Kier alpha value is -1.02. The molecule has 0 amide bonds. The summed E-state index contributed by atoms with van der Waals surface area (Å²) in [6, 6.07) is 9.64. The Morgan fingerprint density at radius 3 is 2.40 bits per heavy atom. The highest BCUT2D eigenvalue weighted by atomic mass is 15.2. The molecule has 2 heteroatoms. The molecule has 1 aromatic carbocycles. The SMILES string of the molecule is CC[C@@H](N)c1ccc(N(C)C2CC2)cc1. The Balaban J connectivity index is 2.09. The summed E-state index contributed by atoms with van der Waals surface area (Å²) in [5.41, 5.74) is 8.53. The van der Waals surface area contributed by atoms with E-state index in [2.05, 4.69) is 43.1 Å². The lowest BCUT2D eigenvalue weighted by Gasteiger charge is -2.19. The van der Waals surface area contributed by atoms with E-state index in [9.17, 15) is 0 Å². The molecule has 1 aliphatic carbocycles. The molecule has 1 saturated carbocycles. The summed E-state index contributed by atoms with van der Waals surface area (Å²) < 4.78 is 0. The average Bonchev–Trinajstić information content (AvgIpc) is 3.11. The first-order valence-corrected chi connectivity index (χ1v) is 5.80. The number of benzene rings is 1. The molecular weight excluding hydrogens is 184 g/mol. The van der Waals surface area contributed by atoms with E-state index in [0.29, 0.717) is 0 Å². The summed E-state index contributed by atoms with van der Waals surface area (Å²) >= 11 is 0. The molecule has 1 aliphatic rings. The van der Waals surface area contributed by atoms with E-state index in [4.69, 9.17) is 5.73 Å². The van der Waals surface area contributed by atoms with Crippen molar-refractivity contribution in [3.8, 4) is 0 Å². The summed E-state index contributed by atoms with van der Waals surface area (Å²) in [4.78, 5) is 2.36. The minimum atomic E-state index is 0.185. The van der Waals surface area contributed by atoms with Gasteiger partial charge in [0, 0.05) is 24.8 Å². The van der Waals surface area contributed by atoms with E-state index in [1.165, 1.54) is 24.1 Å². The Labute approximate surface area is 92.1 Å². The van der Waals surface area contributed by atoms with Crippen molar-refractivity contribution in [2.24, 2.45) is 5.73 Å². The lowest BCUT2D eigenvalue weighted by atomic mass is 10.1. The third kappa shape index (κ3) is 2.32. The predicted molar refractivity (Wildman–Crippen MR) is 65.1 cm³/mol. The molecule has 15 heavy (non-hydrogen) atoms. The number of nitrogens with two attached hydrogens (primary N) is 1. The third-order valence-corrected chi connectivity index (χ3v) is 3.26. The molecule has 1 atom stereocenters. The van der Waals surface area contributed by atoms with Gasteiger partial charge < -0.3 is 10.6 Å². The van der Waals surface area contributed by atoms with Gasteiger partial charge in [0.2, 0.25) is 0 Å². The molecule has 0 aromatic heterocycles. The maximum atomic E-state index is 5.98. The average molecular weight is 204 g/mol. The van der Waals surface area contributed by atoms with Gasteiger partial charge in [-0.25, -0.2) is 0 Å². The van der Waals surface area contributed by atoms with Gasteiger partial charge in [0.1, 0.15) is 0 Å². The molecule has 0 aliphatic heterocycles. The topological polar surface area (TPSA) is 29.3 Å². The molecular formula is C13H20N2. The molecule has 0 radical (unpaired) electrons. The Morgan fingerprint density at radius 2 is 1.93 bits per heavy atom. The maximum Gasteiger partial charge on any atom is 0.0366 e. The molecule has 1 aromatic rings. The number of nitrogens with zero attached hydrogens (tertiary/aromatic N) is 1. The molecule has 1 fully saturated rings. The minimum absolute atomic E-state index is 0.185. The molecule has 2 N–H and O–H groups in total. The molecule has 0 bridgehead atoms. The van der Waals surface area contributed by atoms with Crippen molar-refractivity contribution < 1.29 is 0 Å². The Kier molecular flexibility index (Phi) is 2.96. The summed E-state index contributed by atoms with van der Waals surface area (Å²) in [6.07, 6.45) is 3.68. The van der Waals surface area contributed by atoms with Crippen LogP contribution in [0.15, 0.2) is 24.3 Å². The van der Waals surface area contributed by atoms with E-state index in [0.717, 1.165) is 12.5 Å². The zero-order valence-electron chi connectivity index (χ0n) is 9.61. The van der Waals surface area contributed by atoms with Crippen molar-refractivity contribution in [2.45, 2.75) is 38.3 Å². The zero-order valence-corrected chi connectivity index (χ0v) is 9.61. The van der Waals surface area contributed by atoms with Crippen LogP contribution in [0.25, 0.3) is 0 Å². The molecule has 2 nitrogen and oxygen atoms in total. The molecule has 0 heterocycles. The third-order valence-electron chi connectivity index (χ3n) is 3.26. The quantitative estimate of drug-likeness (QED) is 0.817. The van der Waals surface area contributed by atoms with Crippen LogP contribution < -0.4 is 10.6 Å². The summed E-state index contributed by atoms with van der Waals surface area (Å²) in [6.45, 7) is 2.12. The monoisotopic (exact) mass is 204 g/mol. The van der Waals surface area contributed by atoms with Gasteiger partial charge >= 0.3 is 0 Å². The van der Waals surface area contributed by atoms with E-state index >= 15 is 0 Å². The molecule has 2 rings (SSSR count). The van der Waals surface area contributed by atoms with E-state index in [-0.39, 0.29) is 6.04 Å². The van der Waals surface area contributed by atoms with Gasteiger partial charge in [0.25, 0.3) is 0 Å². The normalized spacial score (nSPS) is 17.5. The van der Waals surface area contributed by atoms with Crippen molar-refractivity contribution in [3.63, 3.8) is 0 Å². The maximum absolute atomic E-state index is 5.98. The van der Waals surface area contributed by atoms with E-state index in [1.54, 1.807) is 0 Å². The smallest absolute Gasteiger partial charge is 0.0366 e. The van der Waals surface area contributed by atoms with Crippen LogP contribution in [0.2, 0.25) is 0 Å². The lowest BCUT2D eigenvalue weighted by molar-refractivity contribution is 0.698. The van der Waals surface area contributed by atoms with Gasteiger partial charge in [0.05, 0.1) is 0 Å². The van der Waals surface area contributed by atoms with Gasteiger partial charge in [-0.05, 0) is 37.0 Å². The van der Waals surface area contributed by atoms with Crippen molar-refractivity contribution in [1.82, 2.24) is 0 Å². The molecule has 82 valence electrons. The standard InChI is InChI=1S/C13H20N2/c1-3-13(14)10-4-6-11(7-5-10)15(2)12-8-9-12/h4-7,12-13H,3,8-9,14H2,1-2H3/t13-/m1/s1. The fraction of sp³-hybridized carbons (Fsp3) is 0.538. The van der Waals surface area contributed by atoms with Gasteiger partial charge in [-0.2, -0.15) is 0 Å². The highest BCUT2D eigenvalue weighted by Crippen LogP contribution is 2.30. The fourth-order valence-electron chi connectivity index (χ4n) is 1.87. The van der Waals surface area contributed by atoms with Gasteiger partial charge in [-0.15, -0.1) is 0 Å². The largest absolute Gasteiger partial charge is 0.372 e. The van der Waals surface area contributed by atoms with Crippen LogP contribution in [0.5, 0.6) is 0 Å². The Bertz CT molecular complexity index is 314. The lowest BCUT2D eigenvalue weighted by Crippen LogP contribution is -2.19. The number of anilines is 1. The van der Waals surface area contributed by atoms with E-state index in [1.807, 2.05) is 0 Å². The predicted octanol–water partition coefficient (Wildman–Crippen LogP) is 2.70. The summed E-state index contributed by atoms with van der Waals surface area (Å²) in [5.74, 6) is 0. The highest BCUT2D eigenvalue weighted by molar-refractivity contribution is 5.49. The summed E-state index contributed by atoms with van der Waals surface area (Å²) in [5, 5.41) is 0. The second-order valence-corrected chi connectivity index (χ2v) is 4.45. The highest BCUT2D eigenvalue weighted by Gasteiger charge is 2.26. The molecule has 0 spiro atoms. The zero-order chi connectivity index (χ0) is 10.8. The van der Waals surface area contributed by atoms with Gasteiger partial charge in [-0.3, -0.25) is 0 Å². The van der Waals surface area contributed by atoms with Crippen LogP contribution in [0.1, 0.15) is 37.8 Å². The summed E-state index contributed by atoms with van der Waals surface area (Å²) in [7, 11) is 2.17. The van der Waals surface area contributed by atoms with Crippen LogP contribution in [-0.4, -0.2) is 13.1 Å². The van der Waals surface area contributed by atoms with Crippen LogP contribution in [0, 0.1) is 0 Å². The molecule has 0 unspecified atom stereocenters.